The van der Waals surface area contributed by atoms with Crippen LogP contribution in [-0.4, -0.2) is 11.2 Å². The zero-order chi connectivity index (χ0) is 13.7. The fourth-order valence-corrected chi connectivity index (χ4v) is 3.33. The largest absolute Gasteiger partial charge is 0.487 e. The van der Waals surface area contributed by atoms with Crippen LogP contribution in [0.5, 0.6) is 5.75 Å². The summed E-state index contributed by atoms with van der Waals surface area (Å²) in [6, 6.07) is 8.24. The van der Waals surface area contributed by atoms with E-state index in [1.807, 2.05) is 18.2 Å². The van der Waals surface area contributed by atoms with E-state index in [0.29, 0.717) is 5.92 Å². The van der Waals surface area contributed by atoms with Crippen molar-refractivity contribution >= 4 is 0 Å². The molecule has 2 aliphatic rings. The molecule has 19 heavy (non-hydrogen) atoms. The zero-order valence-corrected chi connectivity index (χ0v) is 12.0. The van der Waals surface area contributed by atoms with Gasteiger partial charge < -0.3 is 9.47 Å². The van der Waals surface area contributed by atoms with Gasteiger partial charge in [0.2, 0.25) is 0 Å². The lowest BCUT2D eigenvalue weighted by Gasteiger charge is -2.51. The topological polar surface area (TPSA) is 18.5 Å². The Balaban J connectivity index is 2.05. The number of fused-ring (bicyclic) bond motifs is 3. The summed E-state index contributed by atoms with van der Waals surface area (Å²) in [5.41, 5.74) is 0.781. The lowest BCUT2D eigenvalue weighted by Crippen LogP contribution is -2.50. The van der Waals surface area contributed by atoms with Crippen molar-refractivity contribution in [2.45, 2.75) is 50.9 Å². The molecule has 0 radical (unpaired) electrons. The van der Waals surface area contributed by atoms with Crippen LogP contribution in [0.2, 0.25) is 0 Å². The van der Waals surface area contributed by atoms with Crippen molar-refractivity contribution < 1.29 is 9.47 Å². The second-order valence-corrected chi connectivity index (χ2v) is 6.44. The molecule has 0 unspecified atom stereocenters. The summed E-state index contributed by atoms with van der Waals surface area (Å²) in [7, 11) is 0. The predicted octanol–water partition coefficient (Wildman–Crippen LogP) is 4.27. The third-order valence-electron chi connectivity index (χ3n) is 4.64. The molecule has 1 aromatic rings. The quantitative estimate of drug-likeness (QED) is 0.700. The number of hydrogen-bond donors (Lipinski definition) is 0. The fraction of sp³-hybridized carbons (Fsp3) is 0.529. The van der Waals surface area contributed by atoms with Gasteiger partial charge in [-0.2, -0.15) is 0 Å². The third-order valence-corrected chi connectivity index (χ3v) is 4.64. The van der Waals surface area contributed by atoms with Crippen LogP contribution in [0.4, 0.5) is 0 Å². The van der Waals surface area contributed by atoms with Gasteiger partial charge in [-0.15, -0.1) is 6.58 Å². The Hall–Kier alpha value is -1.28. The summed E-state index contributed by atoms with van der Waals surface area (Å²) in [4.78, 5) is 0. The Morgan fingerprint density at radius 2 is 2.00 bits per heavy atom. The summed E-state index contributed by atoms with van der Waals surface area (Å²) >= 11 is 0. The molecule has 2 aliphatic heterocycles. The van der Waals surface area contributed by atoms with Gasteiger partial charge in [0.1, 0.15) is 11.4 Å². The molecule has 2 nitrogen and oxygen atoms in total. The number of rotatable bonds is 1. The van der Waals surface area contributed by atoms with E-state index in [4.69, 9.17) is 9.47 Å². The third kappa shape index (κ3) is 1.99. The van der Waals surface area contributed by atoms with E-state index in [-0.39, 0.29) is 17.3 Å². The van der Waals surface area contributed by atoms with Crippen molar-refractivity contribution in [3.05, 3.63) is 42.5 Å². The highest BCUT2D eigenvalue weighted by Crippen LogP contribution is 2.52. The van der Waals surface area contributed by atoms with Gasteiger partial charge in [0, 0.05) is 11.5 Å². The van der Waals surface area contributed by atoms with Crippen LogP contribution < -0.4 is 4.74 Å². The van der Waals surface area contributed by atoms with E-state index >= 15 is 0 Å². The first-order chi connectivity index (χ1) is 8.95. The van der Waals surface area contributed by atoms with Crippen LogP contribution in [0.1, 0.15) is 45.3 Å². The van der Waals surface area contributed by atoms with Gasteiger partial charge in [-0.1, -0.05) is 24.3 Å². The Morgan fingerprint density at radius 3 is 2.74 bits per heavy atom. The monoisotopic (exact) mass is 258 g/mol. The highest BCUT2D eigenvalue weighted by atomic mass is 16.5. The summed E-state index contributed by atoms with van der Waals surface area (Å²) < 4.78 is 12.6. The van der Waals surface area contributed by atoms with Crippen molar-refractivity contribution in [2.24, 2.45) is 5.92 Å². The summed E-state index contributed by atoms with van der Waals surface area (Å²) in [5, 5.41) is 0. The van der Waals surface area contributed by atoms with Crippen LogP contribution >= 0.6 is 0 Å². The van der Waals surface area contributed by atoms with E-state index in [0.717, 1.165) is 18.6 Å². The molecule has 0 saturated carbocycles. The van der Waals surface area contributed by atoms with E-state index in [2.05, 4.69) is 39.5 Å². The second-order valence-electron chi connectivity index (χ2n) is 6.44. The molecule has 0 aliphatic carbocycles. The molecular formula is C17H22O2. The van der Waals surface area contributed by atoms with E-state index in [9.17, 15) is 0 Å². The molecule has 3 rings (SSSR count). The van der Waals surface area contributed by atoms with Crippen molar-refractivity contribution in [3.63, 3.8) is 0 Å². The lowest BCUT2D eigenvalue weighted by atomic mass is 9.73. The molecular weight excluding hydrogens is 236 g/mol. The van der Waals surface area contributed by atoms with Crippen LogP contribution in [0.3, 0.4) is 0 Å². The smallest absolute Gasteiger partial charge is 0.125 e. The van der Waals surface area contributed by atoms with Gasteiger partial charge in [0.25, 0.3) is 0 Å². The highest BCUT2D eigenvalue weighted by molar-refractivity contribution is 5.39. The molecule has 0 aromatic heterocycles. The fourth-order valence-electron chi connectivity index (χ4n) is 3.33. The molecule has 0 spiro atoms. The normalized spacial score (nSPS) is 35.7. The van der Waals surface area contributed by atoms with Gasteiger partial charge in [-0.3, -0.25) is 0 Å². The molecule has 3 atom stereocenters. The average Bonchev–Trinajstić information content (AvgIpc) is 2.38. The average molecular weight is 258 g/mol. The number of benzene rings is 1. The van der Waals surface area contributed by atoms with Gasteiger partial charge in [0.15, 0.2) is 0 Å². The van der Waals surface area contributed by atoms with Gasteiger partial charge in [-0.05, 0) is 39.7 Å². The molecule has 102 valence electrons. The predicted molar refractivity (Wildman–Crippen MR) is 76.3 cm³/mol. The van der Waals surface area contributed by atoms with Crippen molar-refractivity contribution in [1.82, 2.24) is 0 Å². The van der Waals surface area contributed by atoms with Crippen molar-refractivity contribution in [1.29, 1.82) is 0 Å². The van der Waals surface area contributed by atoms with Crippen LogP contribution in [0.15, 0.2) is 36.9 Å². The molecule has 2 heterocycles. The first-order valence-electron chi connectivity index (χ1n) is 7.04. The van der Waals surface area contributed by atoms with Crippen molar-refractivity contribution in [3.8, 4) is 5.75 Å². The molecule has 1 fully saturated rings. The zero-order valence-electron chi connectivity index (χ0n) is 12.0. The minimum absolute atomic E-state index is 0.108. The summed E-state index contributed by atoms with van der Waals surface area (Å²) in [6.45, 7) is 10.4. The molecule has 0 N–H and O–H groups in total. The van der Waals surface area contributed by atoms with Crippen LogP contribution in [0, 0.1) is 5.92 Å². The maximum Gasteiger partial charge on any atom is 0.125 e. The number of ether oxygens (including phenoxy) is 2. The number of hydrogen-bond acceptors (Lipinski definition) is 2. The Labute approximate surface area is 115 Å². The molecule has 2 heteroatoms. The molecule has 1 aromatic carbocycles. The standard InChI is InChI=1S/C17H22O2/c1-5-17(4)11-10-13-15(19-17)12-8-6-7-9-14(12)18-16(13,2)3/h5-9,13,15H,1,10-11H2,2-4H3/t13-,15-,17+/m1/s1. The van der Waals surface area contributed by atoms with Crippen LogP contribution in [0.25, 0.3) is 0 Å². The first-order valence-corrected chi connectivity index (χ1v) is 7.04. The van der Waals surface area contributed by atoms with Crippen LogP contribution in [-0.2, 0) is 4.74 Å². The van der Waals surface area contributed by atoms with Gasteiger partial charge in [-0.25, -0.2) is 0 Å². The van der Waals surface area contributed by atoms with E-state index in [1.54, 1.807) is 0 Å². The SMILES string of the molecule is C=C[C@@]1(C)CC[C@@H]2[C@H](O1)c1ccccc1OC2(C)C. The maximum atomic E-state index is 6.39. The molecule has 0 bridgehead atoms. The van der Waals surface area contributed by atoms with Gasteiger partial charge in [0.05, 0.1) is 11.7 Å². The van der Waals surface area contributed by atoms with Gasteiger partial charge >= 0.3 is 0 Å². The van der Waals surface area contributed by atoms with E-state index < -0.39 is 0 Å². The lowest BCUT2D eigenvalue weighted by molar-refractivity contribution is -0.172. The molecule has 1 saturated heterocycles. The minimum atomic E-state index is -0.221. The highest BCUT2D eigenvalue weighted by Gasteiger charge is 2.49. The van der Waals surface area contributed by atoms with Crippen molar-refractivity contribution in [2.75, 3.05) is 0 Å². The Bertz CT molecular complexity index is 506. The Morgan fingerprint density at radius 1 is 1.26 bits per heavy atom. The Kier molecular flexibility index (Phi) is 2.75. The summed E-state index contributed by atoms with van der Waals surface area (Å²) in [6.07, 6.45) is 4.16. The van der Waals surface area contributed by atoms with E-state index in [1.165, 1.54) is 5.56 Å². The second kappa shape index (κ2) is 4.11. The number of para-hydroxylation sites is 1. The maximum absolute atomic E-state index is 6.39. The minimum Gasteiger partial charge on any atom is -0.487 e. The first kappa shape index (κ1) is 12.7. The summed E-state index contributed by atoms with van der Waals surface area (Å²) in [5.74, 6) is 1.36. The molecule has 0 amide bonds.